The molecule has 1 heterocycles. The average Bonchev–Trinajstić information content (AvgIpc) is 2.58. The lowest BCUT2D eigenvalue weighted by Gasteiger charge is -2.37. The summed E-state index contributed by atoms with van der Waals surface area (Å²) in [5.41, 5.74) is 2.50. The van der Waals surface area contributed by atoms with Crippen molar-refractivity contribution in [1.82, 2.24) is 10.2 Å². The molecule has 0 atom stereocenters. The maximum atomic E-state index is 12.4. The van der Waals surface area contributed by atoms with Crippen LogP contribution in [-0.4, -0.2) is 43.2 Å². The van der Waals surface area contributed by atoms with Gasteiger partial charge in [0.1, 0.15) is 0 Å². The molecule has 2 fully saturated rings. The lowest BCUT2D eigenvalue weighted by atomic mass is 9.96. The molecule has 3 rings (SSSR count). The number of halogens is 1. The van der Waals surface area contributed by atoms with Gasteiger partial charge in [0.15, 0.2) is 0 Å². The monoisotopic (exact) mass is 379 g/mol. The van der Waals surface area contributed by atoms with E-state index < -0.39 is 0 Å². The highest BCUT2D eigenvalue weighted by atomic mass is 79.9. The van der Waals surface area contributed by atoms with Crippen LogP contribution in [0.2, 0.25) is 0 Å². The summed E-state index contributed by atoms with van der Waals surface area (Å²) in [6.45, 7) is 5.51. The van der Waals surface area contributed by atoms with Crippen molar-refractivity contribution in [1.29, 1.82) is 0 Å². The summed E-state index contributed by atoms with van der Waals surface area (Å²) in [6, 6.07) is 6.98. The third kappa shape index (κ3) is 4.19. The fourth-order valence-electron chi connectivity index (χ4n) is 3.51. The van der Waals surface area contributed by atoms with E-state index in [9.17, 15) is 4.79 Å². The van der Waals surface area contributed by atoms with Gasteiger partial charge in [0.05, 0.1) is 0 Å². The Morgan fingerprint density at radius 2 is 1.83 bits per heavy atom. The molecule has 0 bridgehead atoms. The number of carbonyl (C=O) groups excluding carboxylic acids is 1. The van der Waals surface area contributed by atoms with Gasteiger partial charge in [-0.15, -0.1) is 0 Å². The molecule has 1 aliphatic heterocycles. The first-order valence-corrected chi connectivity index (χ1v) is 9.49. The Labute approximate surface area is 147 Å². The highest BCUT2D eigenvalue weighted by molar-refractivity contribution is 9.10. The SMILES string of the molecule is Cc1cc(N2CCN(C(=O)NC3CCCCC3)CC2)ccc1Br. The number of nitrogens with zero attached hydrogens (tertiary/aromatic N) is 2. The number of amides is 2. The zero-order valence-electron chi connectivity index (χ0n) is 13.9. The number of nitrogens with one attached hydrogen (secondary N) is 1. The summed E-state index contributed by atoms with van der Waals surface area (Å²) in [4.78, 5) is 16.7. The van der Waals surface area contributed by atoms with Crippen molar-refractivity contribution in [3.8, 4) is 0 Å². The predicted molar refractivity (Wildman–Crippen MR) is 98.1 cm³/mol. The number of hydrogen-bond donors (Lipinski definition) is 1. The van der Waals surface area contributed by atoms with Gasteiger partial charge in [-0.3, -0.25) is 0 Å². The summed E-state index contributed by atoms with van der Waals surface area (Å²) in [6.07, 6.45) is 6.11. The highest BCUT2D eigenvalue weighted by Gasteiger charge is 2.24. The van der Waals surface area contributed by atoms with E-state index >= 15 is 0 Å². The van der Waals surface area contributed by atoms with Gasteiger partial charge in [-0.25, -0.2) is 4.79 Å². The molecule has 4 nitrogen and oxygen atoms in total. The van der Waals surface area contributed by atoms with Crippen LogP contribution in [0.5, 0.6) is 0 Å². The first-order chi connectivity index (χ1) is 11.1. The topological polar surface area (TPSA) is 35.6 Å². The zero-order valence-corrected chi connectivity index (χ0v) is 15.4. The molecule has 0 spiro atoms. The number of carbonyl (C=O) groups is 1. The van der Waals surface area contributed by atoms with Crippen LogP contribution in [0.25, 0.3) is 0 Å². The standard InChI is InChI=1S/C18H26BrN3O/c1-14-13-16(7-8-17(14)19)21-9-11-22(12-10-21)18(23)20-15-5-3-2-4-6-15/h7-8,13,15H,2-6,9-12H2,1H3,(H,20,23). The van der Waals surface area contributed by atoms with E-state index in [4.69, 9.17) is 0 Å². The molecule has 2 amide bonds. The number of rotatable bonds is 2. The Morgan fingerprint density at radius 1 is 1.13 bits per heavy atom. The van der Waals surface area contributed by atoms with Crippen molar-refractivity contribution < 1.29 is 4.79 Å². The number of benzene rings is 1. The Hall–Kier alpha value is -1.23. The number of hydrogen-bond acceptors (Lipinski definition) is 2. The Bertz CT molecular complexity index is 549. The minimum atomic E-state index is 0.128. The van der Waals surface area contributed by atoms with E-state index in [1.54, 1.807) is 0 Å². The van der Waals surface area contributed by atoms with Gasteiger partial charge >= 0.3 is 6.03 Å². The largest absolute Gasteiger partial charge is 0.368 e. The van der Waals surface area contributed by atoms with Gasteiger partial charge in [0.2, 0.25) is 0 Å². The van der Waals surface area contributed by atoms with E-state index in [1.807, 2.05) is 4.90 Å². The van der Waals surface area contributed by atoms with Crippen molar-refractivity contribution in [3.05, 3.63) is 28.2 Å². The first-order valence-electron chi connectivity index (χ1n) is 8.70. The lowest BCUT2D eigenvalue weighted by Crippen LogP contribution is -2.53. The second kappa shape index (κ2) is 7.56. The third-order valence-corrected chi connectivity index (χ3v) is 5.90. The van der Waals surface area contributed by atoms with Crippen molar-refractivity contribution in [3.63, 3.8) is 0 Å². The Kier molecular flexibility index (Phi) is 5.46. The van der Waals surface area contributed by atoms with E-state index in [0.29, 0.717) is 6.04 Å². The third-order valence-electron chi connectivity index (χ3n) is 5.01. The van der Waals surface area contributed by atoms with Crippen LogP contribution < -0.4 is 10.2 Å². The van der Waals surface area contributed by atoms with Gasteiger partial charge in [-0.05, 0) is 43.5 Å². The maximum Gasteiger partial charge on any atom is 0.317 e. The van der Waals surface area contributed by atoms with E-state index in [2.05, 4.69) is 51.3 Å². The number of urea groups is 1. The van der Waals surface area contributed by atoms with Crippen LogP contribution in [0.15, 0.2) is 22.7 Å². The molecule has 0 unspecified atom stereocenters. The molecule has 1 saturated carbocycles. The zero-order chi connectivity index (χ0) is 16.2. The van der Waals surface area contributed by atoms with Crippen LogP contribution in [0.1, 0.15) is 37.7 Å². The molecule has 23 heavy (non-hydrogen) atoms. The molecule has 1 saturated heterocycles. The van der Waals surface area contributed by atoms with Crippen molar-refractivity contribution >= 4 is 27.6 Å². The first kappa shape index (κ1) is 16.6. The second-order valence-corrected chi connectivity index (χ2v) is 7.55. The predicted octanol–water partition coefficient (Wildman–Crippen LogP) is 3.92. The minimum Gasteiger partial charge on any atom is -0.368 e. The molecule has 1 aromatic carbocycles. The molecular formula is C18H26BrN3O. The number of anilines is 1. The Balaban J connectivity index is 1.51. The second-order valence-electron chi connectivity index (χ2n) is 6.69. The fourth-order valence-corrected chi connectivity index (χ4v) is 3.75. The van der Waals surface area contributed by atoms with Gasteiger partial charge in [0.25, 0.3) is 0 Å². The molecule has 0 radical (unpaired) electrons. The van der Waals surface area contributed by atoms with Crippen molar-refractivity contribution in [2.24, 2.45) is 0 Å². The molecule has 1 N–H and O–H groups in total. The van der Waals surface area contributed by atoms with Gasteiger partial charge < -0.3 is 15.1 Å². The minimum absolute atomic E-state index is 0.128. The van der Waals surface area contributed by atoms with E-state index in [0.717, 1.165) is 43.5 Å². The summed E-state index contributed by atoms with van der Waals surface area (Å²) in [5.74, 6) is 0. The maximum absolute atomic E-state index is 12.4. The van der Waals surface area contributed by atoms with Crippen LogP contribution in [0.3, 0.4) is 0 Å². The average molecular weight is 380 g/mol. The molecule has 1 aliphatic carbocycles. The van der Waals surface area contributed by atoms with Crippen LogP contribution in [-0.2, 0) is 0 Å². The summed E-state index contributed by atoms with van der Waals surface area (Å²) < 4.78 is 1.15. The summed E-state index contributed by atoms with van der Waals surface area (Å²) in [7, 11) is 0. The Morgan fingerprint density at radius 3 is 2.48 bits per heavy atom. The molecule has 1 aromatic rings. The normalized spacial score (nSPS) is 19.7. The number of piperazine rings is 1. The highest BCUT2D eigenvalue weighted by Crippen LogP contribution is 2.24. The van der Waals surface area contributed by atoms with Crippen LogP contribution >= 0.6 is 15.9 Å². The van der Waals surface area contributed by atoms with Gasteiger partial charge in [-0.1, -0.05) is 35.2 Å². The molecular weight excluding hydrogens is 354 g/mol. The van der Waals surface area contributed by atoms with Crippen molar-refractivity contribution in [2.75, 3.05) is 31.1 Å². The fraction of sp³-hybridized carbons (Fsp3) is 0.611. The summed E-state index contributed by atoms with van der Waals surface area (Å²) in [5, 5.41) is 3.22. The number of aryl methyl sites for hydroxylation is 1. The molecule has 0 aromatic heterocycles. The van der Waals surface area contributed by atoms with Gasteiger partial charge in [-0.2, -0.15) is 0 Å². The lowest BCUT2D eigenvalue weighted by molar-refractivity contribution is 0.186. The summed E-state index contributed by atoms with van der Waals surface area (Å²) >= 11 is 3.55. The smallest absolute Gasteiger partial charge is 0.317 e. The quantitative estimate of drug-likeness (QED) is 0.844. The van der Waals surface area contributed by atoms with E-state index in [-0.39, 0.29) is 6.03 Å². The van der Waals surface area contributed by atoms with Gasteiger partial charge in [0, 0.05) is 42.4 Å². The molecule has 126 valence electrons. The van der Waals surface area contributed by atoms with Crippen LogP contribution in [0.4, 0.5) is 10.5 Å². The molecule has 5 heteroatoms. The van der Waals surface area contributed by atoms with Crippen molar-refractivity contribution in [2.45, 2.75) is 45.1 Å². The molecule has 2 aliphatic rings. The van der Waals surface area contributed by atoms with E-state index in [1.165, 1.54) is 30.5 Å². The van der Waals surface area contributed by atoms with Crippen LogP contribution in [0, 0.1) is 6.92 Å².